The number of aromatic hydroxyl groups is 1. The molecule has 39 heavy (non-hydrogen) atoms. The minimum atomic E-state index is -4.50. The topological polar surface area (TPSA) is 138 Å². The van der Waals surface area contributed by atoms with E-state index in [1.54, 1.807) is 50.2 Å². The number of ether oxygens (including phenoxy) is 1. The lowest BCUT2D eigenvalue weighted by molar-refractivity contribution is 0.102. The van der Waals surface area contributed by atoms with E-state index in [1.165, 1.54) is 18.2 Å². The summed E-state index contributed by atoms with van der Waals surface area (Å²) in [4.78, 5) is 13.0. The van der Waals surface area contributed by atoms with Gasteiger partial charge in [-0.05, 0) is 60.7 Å². The molecule has 0 saturated heterocycles. The summed E-state index contributed by atoms with van der Waals surface area (Å²) in [6.45, 7) is 3.87. The zero-order valence-corrected chi connectivity index (χ0v) is 23.1. The van der Waals surface area contributed by atoms with Gasteiger partial charge in [0, 0.05) is 10.4 Å². The van der Waals surface area contributed by atoms with Crippen molar-refractivity contribution < 1.29 is 27.6 Å². The molecule has 0 spiro atoms. The molecule has 0 aliphatic rings. The Morgan fingerprint density at radius 1 is 1.03 bits per heavy atom. The molecule has 0 aliphatic heterocycles. The molecule has 4 rings (SSSR count). The number of fused-ring (bicyclic) bond motifs is 1. The number of benzene rings is 4. The van der Waals surface area contributed by atoms with Crippen LogP contribution in [-0.2, 0) is 16.5 Å². The Labute approximate surface area is 234 Å². The lowest BCUT2D eigenvalue weighted by Gasteiger charge is -2.14. The second-order valence-corrected chi connectivity index (χ2v) is 10.5. The maximum Gasteiger partial charge on any atom is 0.294 e. The van der Waals surface area contributed by atoms with Gasteiger partial charge in [0.25, 0.3) is 16.0 Å². The molecule has 4 aromatic carbocycles. The summed E-state index contributed by atoms with van der Waals surface area (Å²) in [5.41, 5.74) is 0.640. The summed E-state index contributed by atoms with van der Waals surface area (Å²) >= 11 is 12.3. The smallest absolute Gasteiger partial charge is 0.294 e. The maximum atomic E-state index is 13.3. The number of carbonyl (C=O) groups is 1. The van der Waals surface area contributed by atoms with Gasteiger partial charge in [-0.2, -0.15) is 8.42 Å². The minimum Gasteiger partial charge on any atom is -0.505 e. The fourth-order valence-corrected chi connectivity index (χ4v) is 5.19. The zero-order valence-electron chi connectivity index (χ0n) is 20.8. The summed E-state index contributed by atoms with van der Waals surface area (Å²) in [7, 11) is -4.50. The SMILES string of the molecule is CCOc1ccc(Cl)cc1NC(=O)c1cc2ccccc2c(N=Nc2cc(CC)c(S(=O)(=O)O)cc2Cl)c1O. The van der Waals surface area contributed by atoms with Gasteiger partial charge in [0.05, 0.1) is 27.8 Å². The number of hydrogen-bond acceptors (Lipinski definition) is 7. The second kappa shape index (κ2) is 11.6. The van der Waals surface area contributed by atoms with E-state index in [1.807, 2.05) is 0 Å². The zero-order chi connectivity index (χ0) is 28.3. The van der Waals surface area contributed by atoms with Crippen molar-refractivity contribution in [2.24, 2.45) is 10.2 Å². The van der Waals surface area contributed by atoms with E-state index in [9.17, 15) is 22.9 Å². The van der Waals surface area contributed by atoms with E-state index < -0.39 is 21.8 Å². The molecule has 0 saturated carbocycles. The Kier molecular flexibility index (Phi) is 8.41. The second-order valence-electron chi connectivity index (χ2n) is 8.31. The number of aryl methyl sites for hydroxylation is 1. The minimum absolute atomic E-state index is 0.00217. The molecule has 0 unspecified atom stereocenters. The van der Waals surface area contributed by atoms with Crippen LogP contribution < -0.4 is 10.1 Å². The van der Waals surface area contributed by atoms with Crippen molar-refractivity contribution in [2.75, 3.05) is 11.9 Å². The van der Waals surface area contributed by atoms with Crippen molar-refractivity contribution >= 4 is 67.1 Å². The number of nitrogens with zero attached hydrogens (tertiary/aromatic N) is 2. The fraction of sp³-hybridized carbons (Fsp3) is 0.148. The molecule has 1 amide bonds. The third-order valence-corrected chi connectivity index (χ3v) is 7.25. The van der Waals surface area contributed by atoms with Crippen LogP contribution in [0.1, 0.15) is 29.8 Å². The Hall–Kier alpha value is -3.70. The first kappa shape index (κ1) is 28.3. The van der Waals surface area contributed by atoms with Crippen LogP contribution in [0.15, 0.2) is 75.8 Å². The molecular weight excluding hydrogens is 565 g/mol. The summed E-state index contributed by atoms with van der Waals surface area (Å²) in [5, 5.41) is 23.6. The van der Waals surface area contributed by atoms with Crippen LogP contribution >= 0.6 is 23.2 Å². The number of nitrogens with one attached hydrogen (secondary N) is 1. The van der Waals surface area contributed by atoms with Crippen LogP contribution in [0.25, 0.3) is 10.8 Å². The predicted molar refractivity (Wildman–Crippen MR) is 151 cm³/mol. The number of phenolic OH excluding ortho intramolecular Hbond substituents is 1. The maximum absolute atomic E-state index is 13.3. The molecule has 0 fully saturated rings. The molecule has 3 N–H and O–H groups in total. The van der Waals surface area contributed by atoms with E-state index in [0.29, 0.717) is 33.8 Å². The lowest BCUT2D eigenvalue weighted by Crippen LogP contribution is -2.13. The molecule has 0 aromatic heterocycles. The first-order valence-corrected chi connectivity index (χ1v) is 13.9. The first-order chi connectivity index (χ1) is 18.5. The molecule has 202 valence electrons. The first-order valence-electron chi connectivity index (χ1n) is 11.7. The van der Waals surface area contributed by atoms with E-state index in [-0.39, 0.29) is 38.8 Å². The molecule has 9 nitrogen and oxygen atoms in total. The van der Waals surface area contributed by atoms with Crippen LogP contribution in [0.3, 0.4) is 0 Å². The number of hydrogen-bond donors (Lipinski definition) is 3. The third kappa shape index (κ3) is 6.15. The van der Waals surface area contributed by atoms with Crippen LogP contribution in [0, 0.1) is 0 Å². The molecule has 0 bridgehead atoms. The number of azo groups is 1. The Bertz CT molecular complexity index is 1720. The van der Waals surface area contributed by atoms with Crippen molar-refractivity contribution in [3.05, 3.63) is 81.8 Å². The van der Waals surface area contributed by atoms with Gasteiger partial charge in [-0.1, -0.05) is 54.4 Å². The van der Waals surface area contributed by atoms with E-state index >= 15 is 0 Å². The van der Waals surface area contributed by atoms with Crippen LogP contribution in [0.2, 0.25) is 10.0 Å². The highest BCUT2D eigenvalue weighted by molar-refractivity contribution is 7.85. The highest BCUT2D eigenvalue weighted by Gasteiger charge is 2.21. The van der Waals surface area contributed by atoms with Gasteiger partial charge in [-0.3, -0.25) is 9.35 Å². The normalized spacial score (nSPS) is 11.7. The van der Waals surface area contributed by atoms with Crippen LogP contribution in [0.4, 0.5) is 17.1 Å². The molecule has 0 atom stereocenters. The van der Waals surface area contributed by atoms with Gasteiger partial charge in [0.15, 0.2) is 5.75 Å². The number of anilines is 1. The Morgan fingerprint density at radius 3 is 2.46 bits per heavy atom. The predicted octanol–water partition coefficient (Wildman–Crippen LogP) is 7.73. The number of phenols is 1. The molecule has 4 aromatic rings. The van der Waals surface area contributed by atoms with Crippen molar-refractivity contribution in [1.29, 1.82) is 0 Å². The number of amides is 1. The van der Waals surface area contributed by atoms with Crippen LogP contribution in [0.5, 0.6) is 11.5 Å². The lowest BCUT2D eigenvalue weighted by atomic mass is 10.0. The molecule has 12 heteroatoms. The molecular formula is C27H23Cl2N3O6S. The quantitative estimate of drug-likeness (QED) is 0.142. The average molecular weight is 588 g/mol. The summed E-state index contributed by atoms with van der Waals surface area (Å²) in [5.74, 6) is -0.664. The third-order valence-electron chi connectivity index (χ3n) is 5.78. The van der Waals surface area contributed by atoms with Gasteiger partial charge in [-0.15, -0.1) is 10.2 Å². The molecule has 0 radical (unpaired) electrons. The van der Waals surface area contributed by atoms with Gasteiger partial charge in [-0.25, -0.2) is 0 Å². The van der Waals surface area contributed by atoms with Gasteiger partial charge in [0.1, 0.15) is 17.1 Å². The van der Waals surface area contributed by atoms with Crippen molar-refractivity contribution in [2.45, 2.75) is 25.2 Å². The standard InChI is InChI=1S/C27H23Cl2N3O6S/c1-3-15-12-21(20(29)14-24(15)39(35,36)37)31-32-25-18-8-6-5-7-16(18)11-19(26(25)33)27(34)30-22-13-17(28)9-10-23(22)38-4-2/h5-14,33H,3-4H2,1-2H3,(H,30,34)(H,35,36,37). The van der Waals surface area contributed by atoms with E-state index in [2.05, 4.69) is 15.5 Å². The van der Waals surface area contributed by atoms with Crippen molar-refractivity contribution in [1.82, 2.24) is 0 Å². The van der Waals surface area contributed by atoms with Gasteiger partial charge < -0.3 is 15.2 Å². The summed E-state index contributed by atoms with van der Waals surface area (Å²) in [6, 6.07) is 15.8. The van der Waals surface area contributed by atoms with E-state index in [4.69, 9.17) is 27.9 Å². The van der Waals surface area contributed by atoms with Crippen molar-refractivity contribution in [3.63, 3.8) is 0 Å². The van der Waals surface area contributed by atoms with E-state index in [0.717, 1.165) is 6.07 Å². The van der Waals surface area contributed by atoms with Crippen LogP contribution in [-0.4, -0.2) is 30.6 Å². The van der Waals surface area contributed by atoms with Gasteiger partial charge in [0.2, 0.25) is 0 Å². The monoisotopic (exact) mass is 587 g/mol. The number of halogens is 2. The largest absolute Gasteiger partial charge is 0.505 e. The number of rotatable bonds is 8. The summed E-state index contributed by atoms with van der Waals surface area (Å²) in [6.07, 6.45) is 0.270. The Balaban J connectivity index is 1.80. The average Bonchev–Trinajstić information content (AvgIpc) is 2.89. The highest BCUT2D eigenvalue weighted by atomic mass is 35.5. The molecule has 0 heterocycles. The summed E-state index contributed by atoms with van der Waals surface area (Å²) < 4.78 is 38.5. The number of carbonyl (C=O) groups excluding carboxylic acids is 1. The van der Waals surface area contributed by atoms with Crippen molar-refractivity contribution in [3.8, 4) is 11.5 Å². The molecule has 0 aliphatic carbocycles. The fourth-order valence-electron chi connectivity index (χ4n) is 3.95. The highest BCUT2D eigenvalue weighted by Crippen LogP contribution is 2.41. The van der Waals surface area contributed by atoms with Gasteiger partial charge >= 0.3 is 0 Å². The Morgan fingerprint density at radius 2 is 1.77 bits per heavy atom.